The Labute approximate surface area is 83.6 Å². The van der Waals surface area contributed by atoms with Crippen molar-refractivity contribution in [3.8, 4) is 11.8 Å². The zero-order valence-electron chi connectivity index (χ0n) is 8.18. The molecule has 0 unspecified atom stereocenters. The lowest BCUT2D eigenvalue weighted by Crippen LogP contribution is -1.83. The van der Waals surface area contributed by atoms with Gasteiger partial charge in [0.25, 0.3) is 0 Å². The fourth-order valence-electron chi connectivity index (χ4n) is 1.14. The molecule has 14 heavy (non-hydrogen) atoms. The van der Waals surface area contributed by atoms with Crippen LogP contribution in [0.1, 0.15) is 24.0 Å². The molecule has 2 heteroatoms. The summed E-state index contributed by atoms with van der Waals surface area (Å²) in [5.74, 6) is 5.49. The van der Waals surface area contributed by atoms with Gasteiger partial charge < -0.3 is 5.11 Å². The highest BCUT2D eigenvalue weighted by molar-refractivity contribution is 5.37. The summed E-state index contributed by atoms with van der Waals surface area (Å²) in [6.45, 7) is 1.98. The van der Waals surface area contributed by atoms with Crippen molar-refractivity contribution >= 4 is 0 Å². The van der Waals surface area contributed by atoms with Crippen LogP contribution in [0.3, 0.4) is 0 Å². The summed E-state index contributed by atoms with van der Waals surface area (Å²) in [4.78, 5) is 0. The zero-order valence-corrected chi connectivity index (χ0v) is 8.18. The molecule has 1 nitrogen and oxygen atoms in total. The first-order valence-electron chi connectivity index (χ1n) is 4.59. The van der Waals surface area contributed by atoms with Gasteiger partial charge in [-0.25, -0.2) is 4.39 Å². The number of aliphatic hydroxyl groups excluding tert-OH is 1. The Bertz CT molecular complexity index is 340. The molecule has 0 aliphatic heterocycles. The summed E-state index contributed by atoms with van der Waals surface area (Å²) in [7, 11) is 0. The molecule has 0 radical (unpaired) electrons. The van der Waals surface area contributed by atoms with E-state index in [1.165, 1.54) is 12.1 Å². The van der Waals surface area contributed by atoms with Crippen LogP contribution in [-0.2, 0) is 0 Å². The maximum atomic E-state index is 12.9. The normalized spacial score (nSPS) is 9.36. The highest BCUT2D eigenvalue weighted by atomic mass is 19.1. The summed E-state index contributed by atoms with van der Waals surface area (Å²) in [6, 6.07) is 4.73. The average molecular weight is 192 g/mol. The third-order valence-corrected chi connectivity index (χ3v) is 1.73. The minimum atomic E-state index is -0.253. The van der Waals surface area contributed by atoms with Crippen molar-refractivity contribution in [2.75, 3.05) is 6.61 Å². The van der Waals surface area contributed by atoms with Crippen molar-refractivity contribution in [1.82, 2.24) is 0 Å². The lowest BCUT2D eigenvalue weighted by atomic mass is 10.1. The van der Waals surface area contributed by atoms with Gasteiger partial charge in [-0.05, 0) is 37.1 Å². The van der Waals surface area contributed by atoms with E-state index in [2.05, 4.69) is 11.8 Å². The third-order valence-electron chi connectivity index (χ3n) is 1.73. The van der Waals surface area contributed by atoms with Crippen molar-refractivity contribution < 1.29 is 9.50 Å². The quantitative estimate of drug-likeness (QED) is 0.563. The second kappa shape index (κ2) is 5.41. The molecule has 1 aromatic rings. The van der Waals surface area contributed by atoms with Crippen molar-refractivity contribution in [1.29, 1.82) is 0 Å². The molecule has 0 bridgehead atoms. The second-order valence-corrected chi connectivity index (χ2v) is 3.15. The van der Waals surface area contributed by atoms with Crippen LogP contribution in [0.2, 0.25) is 0 Å². The molecule has 0 saturated heterocycles. The number of hydrogen-bond donors (Lipinski definition) is 1. The summed E-state index contributed by atoms with van der Waals surface area (Å²) < 4.78 is 12.9. The van der Waals surface area contributed by atoms with E-state index in [1.807, 2.05) is 13.0 Å². The lowest BCUT2D eigenvalue weighted by Gasteiger charge is -1.94. The van der Waals surface area contributed by atoms with Gasteiger partial charge in [-0.3, -0.25) is 0 Å². The maximum Gasteiger partial charge on any atom is 0.124 e. The van der Waals surface area contributed by atoms with Crippen LogP contribution in [-0.4, -0.2) is 11.7 Å². The summed E-state index contributed by atoms with van der Waals surface area (Å²) in [5, 5.41) is 8.52. The van der Waals surface area contributed by atoms with E-state index >= 15 is 0 Å². The first kappa shape index (κ1) is 10.7. The van der Waals surface area contributed by atoms with E-state index < -0.39 is 0 Å². The molecule has 0 aliphatic rings. The minimum Gasteiger partial charge on any atom is -0.396 e. The third kappa shape index (κ3) is 3.59. The van der Waals surface area contributed by atoms with Gasteiger partial charge in [-0.2, -0.15) is 0 Å². The minimum absolute atomic E-state index is 0.150. The predicted molar refractivity (Wildman–Crippen MR) is 54.3 cm³/mol. The molecule has 0 aliphatic carbocycles. The van der Waals surface area contributed by atoms with E-state index in [4.69, 9.17) is 5.11 Å². The number of rotatable bonds is 2. The Balaban J connectivity index is 2.69. The number of hydrogen-bond acceptors (Lipinski definition) is 1. The predicted octanol–water partition coefficient (Wildman–Crippen LogP) is 2.26. The van der Waals surface area contributed by atoms with Crippen LogP contribution in [0.15, 0.2) is 18.2 Å². The first-order chi connectivity index (χ1) is 6.72. The molecule has 1 N–H and O–H groups in total. The van der Waals surface area contributed by atoms with Crippen LogP contribution in [0.25, 0.3) is 0 Å². The van der Waals surface area contributed by atoms with Crippen molar-refractivity contribution in [3.05, 3.63) is 35.1 Å². The molecule has 1 aromatic carbocycles. The lowest BCUT2D eigenvalue weighted by molar-refractivity contribution is 0.290. The van der Waals surface area contributed by atoms with E-state index in [9.17, 15) is 4.39 Å². The zero-order chi connectivity index (χ0) is 10.4. The molecule has 74 valence electrons. The molecule has 0 aromatic heterocycles. The Morgan fingerprint density at radius 3 is 2.79 bits per heavy atom. The Hall–Kier alpha value is -1.33. The molecule has 0 amide bonds. The monoisotopic (exact) mass is 192 g/mol. The van der Waals surface area contributed by atoms with Crippen LogP contribution in [0, 0.1) is 24.6 Å². The summed E-state index contributed by atoms with van der Waals surface area (Å²) in [5.41, 5.74) is 1.57. The Kier molecular flexibility index (Phi) is 4.15. The fourth-order valence-corrected chi connectivity index (χ4v) is 1.14. The highest BCUT2D eigenvalue weighted by Gasteiger charge is 1.93. The Morgan fingerprint density at radius 1 is 1.36 bits per heavy atom. The molecule has 0 heterocycles. The molecular formula is C12H13FO. The largest absolute Gasteiger partial charge is 0.396 e. The average Bonchev–Trinajstić information content (AvgIpc) is 2.11. The molecule has 0 atom stereocenters. The van der Waals surface area contributed by atoms with Crippen LogP contribution >= 0.6 is 0 Å². The summed E-state index contributed by atoms with van der Waals surface area (Å²) in [6.07, 6.45) is 1.31. The molecule has 0 fully saturated rings. The standard InChI is InChI=1S/C12H13FO/c1-10-7-11(9-12(13)8-10)5-3-2-4-6-14/h7-9,14H,2,4,6H2,1H3. The first-order valence-corrected chi connectivity index (χ1v) is 4.59. The maximum absolute atomic E-state index is 12.9. The second-order valence-electron chi connectivity index (χ2n) is 3.15. The van der Waals surface area contributed by atoms with E-state index in [-0.39, 0.29) is 12.4 Å². The van der Waals surface area contributed by atoms with Crippen molar-refractivity contribution in [2.45, 2.75) is 19.8 Å². The summed E-state index contributed by atoms with van der Waals surface area (Å²) >= 11 is 0. The van der Waals surface area contributed by atoms with Crippen molar-refractivity contribution in [3.63, 3.8) is 0 Å². The van der Waals surface area contributed by atoms with Gasteiger partial charge >= 0.3 is 0 Å². The number of aryl methyl sites for hydroxylation is 1. The number of halogens is 1. The smallest absolute Gasteiger partial charge is 0.124 e. The van der Waals surface area contributed by atoms with Crippen LogP contribution < -0.4 is 0 Å². The van der Waals surface area contributed by atoms with Gasteiger partial charge in [0.1, 0.15) is 5.82 Å². The van der Waals surface area contributed by atoms with E-state index in [0.29, 0.717) is 18.4 Å². The van der Waals surface area contributed by atoms with Gasteiger partial charge in [0.05, 0.1) is 0 Å². The van der Waals surface area contributed by atoms with Gasteiger partial charge in [-0.15, -0.1) is 0 Å². The number of aliphatic hydroxyl groups is 1. The van der Waals surface area contributed by atoms with E-state index in [0.717, 1.165) is 5.56 Å². The van der Waals surface area contributed by atoms with Gasteiger partial charge in [0.15, 0.2) is 0 Å². The topological polar surface area (TPSA) is 20.2 Å². The highest BCUT2D eigenvalue weighted by Crippen LogP contribution is 2.06. The Morgan fingerprint density at radius 2 is 2.14 bits per heavy atom. The molecule has 0 saturated carbocycles. The number of unbranched alkanes of at least 4 members (excludes halogenated alkanes) is 1. The molecule has 0 spiro atoms. The van der Waals surface area contributed by atoms with E-state index in [1.54, 1.807) is 0 Å². The molecular weight excluding hydrogens is 179 g/mol. The van der Waals surface area contributed by atoms with Crippen LogP contribution in [0.4, 0.5) is 4.39 Å². The van der Waals surface area contributed by atoms with Crippen molar-refractivity contribution in [2.24, 2.45) is 0 Å². The SMILES string of the molecule is Cc1cc(F)cc(C#CCCCO)c1. The van der Waals surface area contributed by atoms with Gasteiger partial charge in [0, 0.05) is 18.6 Å². The molecule has 1 rings (SSSR count). The van der Waals surface area contributed by atoms with Gasteiger partial charge in [-0.1, -0.05) is 11.8 Å². The van der Waals surface area contributed by atoms with Gasteiger partial charge in [0.2, 0.25) is 0 Å². The number of benzene rings is 1. The van der Waals surface area contributed by atoms with Crippen LogP contribution in [0.5, 0.6) is 0 Å². The fraction of sp³-hybridized carbons (Fsp3) is 0.333.